The Morgan fingerprint density at radius 2 is 2.26 bits per heavy atom. The van der Waals surface area contributed by atoms with E-state index >= 15 is 0 Å². The Labute approximate surface area is 115 Å². The summed E-state index contributed by atoms with van der Waals surface area (Å²) < 4.78 is 5.75. The molecule has 104 valence electrons. The second-order valence-electron chi connectivity index (χ2n) is 5.84. The lowest BCUT2D eigenvalue weighted by molar-refractivity contribution is -0.0216. The van der Waals surface area contributed by atoms with Crippen molar-refractivity contribution in [3.8, 4) is 0 Å². The van der Waals surface area contributed by atoms with Crippen LogP contribution in [-0.4, -0.2) is 28.9 Å². The lowest BCUT2D eigenvalue weighted by Gasteiger charge is -2.31. The van der Waals surface area contributed by atoms with Crippen LogP contribution in [0.5, 0.6) is 0 Å². The maximum Gasteiger partial charge on any atom is 0.0648 e. The van der Waals surface area contributed by atoms with E-state index in [9.17, 15) is 5.11 Å². The molecule has 1 fully saturated rings. The van der Waals surface area contributed by atoms with Gasteiger partial charge >= 0.3 is 0 Å². The Hall–Kier alpha value is -0.930. The number of fused-ring (bicyclic) bond motifs is 1. The van der Waals surface area contributed by atoms with Gasteiger partial charge in [-0.15, -0.1) is 0 Å². The monoisotopic (exact) mass is 261 g/mol. The van der Waals surface area contributed by atoms with Crippen molar-refractivity contribution in [2.75, 3.05) is 6.61 Å². The number of nitrogens with zero attached hydrogens (tertiary/aromatic N) is 1. The van der Waals surface area contributed by atoms with E-state index in [1.54, 1.807) is 0 Å². The van der Waals surface area contributed by atoms with Gasteiger partial charge in [0.05, 0.1) is 12.2 Å². The summed E-state index contributed by atoms with van der Waals surface area (Å²) in [6.45, 7) is 0.858. The molecule has 2 heterocycles. The van der Waals surface area contributed by atoms with E-state index < -0.39 is 0 Å². The molecule has 3 nitrogen and oxygen atoms in total. The van der Waals surface area contributed by atoms with Crippen LogP contribution >= 0.6 is 0 Å². The molecule has 0 amide bonds. The lowest BCUT2D eigenvalue weighted by Crippen LogP contribution is -2.30. The van der Waals surface area contributed by atoms with Crippen LogP contribution in [0.25, 0.3) is 0 Å². The Bertz CT molecular complexity index is 415. The zero-order valence-electron chi connectivity index (χ0n) is 11.4. The van der Waals surface area contributed by atoms with Gasteiger partial charge < -0.3 is 9.84 Å². The van der Waals surface area contributed by atoms with Crippen molar-refractivity contribution in [2.24, 2.45) is 0 Å². The third-order valence-corrected chi connectivity index (χ3v) is 4.48. The molecule has 0 saturated carbocycles. The molecule has 2 aliphatic rings. The Kier molecular flexibility index (Phi) is 4.14. The predicted octanol–water partition coefficient (Wildman–Crippen LogP) is 2.82. The first-order valence-corrected chi connectivity index (χ1v) is 7.58. The highest BCUT2D eigenvalue weighted by Gasteiger charge is 2.30. The van der Waals surface area contributed by atoms with Gasteiger partial charge in [0.25, 0.3) is 0 Å². The topological polar surface area (TPSA) is 42.4 Å². The second kappa shape index (κ2) is 6.02. The minimum Gasteiger partial charge on any atom is -0.392 e. The zero-order chi connectivity index (χ0) is 13.1. The third kappa shape index (κ3) is 2.98. The van der Waals surface area contributed by atoms with Gasteiger partial charge in [-0.3, -0.25) is 4.98 Å². The SMILES string of the molecule is OC(CC1CCCCO1)C1CCCc2cccnc21. The summed E-state index contributed by atoms with van der Waals surface area (Å²) in [6.07, 6.45) is 9.36. The molecule has 1 aromatic rings. The molecule has 19 heavy (non-hydrogen) atoms. The van der Waals surface area contributed by atoms with Gasteiger partial charge in [-0.1, -0.05) is 6.07 Å². The quantitative estimate of drug-likeness (QED) is 0.909. The van der Waals surface area contributed by atoms with Gasteiger partial charge in [0, 0.05) is 30.8 Å². The molecule has 3 heteroatoms. The van der Waals surface area contributed by atoms with Gasteiger partial charge in [0.2, 0.25) is 0 Å². The first-order chi connectivity index (χ1) is 9.34. The van der Waals surface area contributed by atoms with Crippen molar-refractivity contribution in [3.05, 3.63) is 29.6 Å². The van der Waals surface area contributed by atoms with Crippen molar-refractivity contribution in [1.29, 1.82) is 0 Å². The van der Waals surface area contributed by atoms with Gasteiger partial charge in [-0.05, 0) is 50.2 Å². The molecule has 0 aromatic carbocycles. The van der Waals surface area contributed by atoms with E-state index in [1.165, 1.54) is 18.4 Å². The first-order valence-electron chi connectivity index (χ1n) is 7.58. The number of ether oxygens (including phenoxy) is 1. The van der Waals surface area contributed by atoms with E-state index in [4.69, 9.17) is 4.74 Å². The number of hydrogen-bond acceptors (Lipinski definition) is 3. The molecule has 1 N–H and O–H groups in total. The highest BCUT2D eigenvalue weighted by molar-refractivity contribution is 5.26. The fraction of sp³-hybridized carbons (Fsp3) is 0.688. The Balaban J connectivity index is 1.68. The van der Waals surface area contributed by atoms with Crippen molar-refractivity contribution < 1.29 is 9.84 Å². The largest absolute Gasteiger partial charge is 0.392 e. The molecule has 1 aliphatic carbocycles. The van der Waals surface area contributed by atoms with Gasteiger partial charge in [0.1, 0.15) is 0 Å². The van der Waals surface area contributed by atoms with Crippen LogP contribution in [0.15, 0.2) is 18.3 Å². The van der Waals surface area contributed by atoms with Crippen LogP contribution in [0.3, 0.4) is 0 Å². The minimum absolute atomic E-state index is 0.204. The molecule has 0 radical (unpaired) electrons. The summed E-state index contributed by atoms with van der Waals surface area (Å²) in [5.41, 5.74) is 2.44. The average Bonchev–Trinajstić information content (AvgIpc) is 2.47. The molecule has 0 spiro atoms. The van der Waals surface area contributed by atoms with Gasteiger partial charge in [0.15, 0.2) is 0 Å². The van der Waals surface area contributed by atoms with Gasteiger partial charge in [-0.25, -0.2) is 0 Å². The van der Waals surface area contributed by atoms with E-state index in [1.807, 2.05) is 12.3 Å². The molecule has 0 bridgehead atoms. The molecular weight excluding hydrogens is 238 g/mol. The summed E-state index contributed by atoms with van der Waals surface area (Å²) in [5.74, 6) is 0.204. The number of rotatable bonds is 3. The fourth-order valence-corrected chi connectivity index (χ4v) is 3.45. The van der Waals surface area contributed by atoms with Crippen LogP contribution in [0, 0.1) is 0 Å². The normalized spacial score (nSPS) is 28.7. The van der Waals surface area contributed by atoms with Crippen LogP contribution in [0.1, 0.15) is 55.7 Å². The summed E-state index contributed by atoms with van der Waals surface area (Å²) in [4.78, 5) is 4.51. The van der Waals surface area contributed by atoms with Crippen molar-refractivity contribution in [3.63, 3.8) is 0 Å². The maximum atomic E-state index is 10.6. The average molecular weight is 261 g/mol. The van der Waals surface area contributed by atoms with Gasteiger partial charge in [-0.2, -0.15) is 0 Å². The van der Waals surface area contributed by atoms with Crippen molar-refractivity contribution in [1.82, 2.24) is 4.98 Å². The van der Waals surface area contributed by atoms with E-state index in [0.717, 1.165) is 44.4 Å². The maximum absolute atomic E-state index is 10.6. The first kappa shape index (κ1) is 13.1. The Morgan fingerprint density at radius 3 is 3.11 bits per heavy atom. The molecule has 3 unspecified atom stereocenters. The third-order valence-electron chi connectivity index (χ3n) is 4.48. The molecule has 1 saturated heterocycles. The van der Waals surface area contributed by atoms with E-state index in [-0.39, 0.29) is 18.1 Å². The zero-order valence-corrected chi connectivity index (χ0v) is 11.4. The second-order valence-corrected chi connectivity index (χ2v) is 5.84. The van der Waals surface area contributed by atoms with Crippen LogP contribution < -0.4 is 0 Å². The standard InChI is InChI=1S/C16H23NO2/c18-15(11-13-7-1-2-10-19-13)14-8-3-5-12-6-4-9-17-16(12)14/h4,6,9,13-15,18H,1-3,5,7-8,10-11H2. The lowest BCUT2D eigenvalue weighted by atomic mass is 9.81. The number of hydrogen-bond donors (Lipinski definition) is 1. The number of pyridine rings is 1. The van der Waals surface area contributed by atoms with E-state index in [0.29, 0.717) is 0 Å². The predicted molar refractivity (Wildman–Crippen MR) is 74.1 cm³/mol. The summed E-state index contributed by atoms with van der Waals surface area (Å²) >= 11 is 0. The Morgan fingerprint density at radius 1 is 1.32 bits per heavy atom. The summed E-state index contributed by atoms with van der Waals surface area (Å²) in [7, 11) is 0. The highest BCUT2D eigenvalue weighted by Crippen LogP contribution is 2.34. The molecule has 1 aromatic heterocycles. The smallest absolute Gasteiger partial charge is 0.0648 e. The summed E-state index contributed by atoms with van der Waals surface area (Å²) in [6, 6.07) is 4.15. The number of aromatic nitrogens is 1. The highest BCUT2D eigenvalue weighted by atomic mass is 16.5. The van der Waals surface area contributed by atoms with Crippen LogP contribution in [-0.2, 0) is 11.2 Å². The van der Waals surface area contributed by atoms with Crippen LogP contribution in [0.4, 0.5) is 0 Å². The number of aliphatic hydroxyl groups is 1. The number of aryl methyl sites for hydroxylation is 1. The van der Waals surface area contributed by atoms with Crippen molar-refractivity contribution in [2.45, 2.75) is 63.1 Å². The fourth-order valence-electron chi connectivity index (χ4n) is 3.45. The van der Waals surface area contributed by atoms with Crippen molar-refractivity contribution >= 4 is 0 Å². The molecule has 1 aliphatic heterocycles. The van der Waals surface area contributed by atoms with Crippen LogP contribution in [0.2, 0.25) is 0 Å². The summed E-state index contributed by atoms with van der Waals surface area (Å²) in [5, 5.41) is 10.6. The minimum atomic E-state index is -0.308. The molecule has 3 atom stereocenters. The molecule has 3 rings (SSSR count). The number of aliphatic hydroxyl groups excluding tert-OH is 1. The van der Waals surface area contributed by atoms with E-state index in [2.05, 4.69) is 11.1 Å². The molecular formula is C16H23NO2.